The lowest BCUT2D eigenvalue weighted by molar-refractivity contribution is 0.0518. The van der Waals surface area contributed by atoms with Crippen LogP contribution < -0.4 is 4.74 Å². The van der Waals surface area contributed by atoms with Crippen LogP contribution in [0.5, 0.6) is 5.75 Å². The number of rotatable bonds is 7. The number of ether oxygens (including phenoxy) is 1. The molecule has 2 heterocycles. The Morgan fingerprint density at radius 3 is 2.51 bits per heavy atom. The highest BCUT2D eigenvalue weighted by Crippen LogP contribution is 2.29. The molecule has 4 rings (SSSR count). The van der Waals surface area contributed by atoms with Crippen LogP contribution in [-0.2, 0) is 13.5 Å². The topological polar surface area (TPSA) is 67.7 Å². The molecule has 7 heteroatoms. The van der Waals surface area contributed by atoms with E-state index in [-0.39, 0.29) is 23.8 Å². The van der Waals surface area contributed by atoms with Crippen LogP contribution >= 0.6 is 0 Å². The van der Waals surface area contributed by atoms with Crippen LogP contribution in [0, 0.1) is 12.8 Å². The van der Waals surface area contributed by atoms with Gasteiger partial charge in [0.25, 0.3) is 11.8 Å². The van der Waals surface area contributed by atoms with Crippen molar-refractivity contribution in [2.45, 2.75) is 32.2 Å². The third-order valence-electron chi connectivity index (χ3n) is 7.08. The summed E-state index contributed by atoms with van der Waals surface area (Å²) in [5.74, 6) is 1.07. The Kier molecular flexibility index (Phi) is 7.54. The number of likely N-dealkylation sites (tertiary alicyclic amines) is 1. The molecule has 1 saturated heterocycles. The monoisotopic (exact) mass is 474 g/mol. The number of benzene rings is 2. The number of piperidine rings is 1. The fourth-order valence-electron chi connectivity index (χ4n) is 4.99. The molecule has 1 aliphatic heterocycles. The number of aryl methyl sites for hydroxylation is 2. The number of carbonyl (C=O) groups excluding carboxylic acids is 2. The Morgan fingerprint density at radius 1 is 1.11 bits per heavy atom. The average Bonchev–Trinajstić information content (AvgIpc) is 3.32. The maximum Gasteiger partial charge on any atom is 0.274 e. The highest BCUT2D eigenvalue weighted by molar-refractivity contribution is 5.95. The molecular formula is C28H34N4O3. The molecular weight excluding hydrogens is 440 g/mol. The molecule has 0 aliphatic carbocycles. The molecule has 1 aromatic heterocycles. The van der Waals surface area contributed by atoms with Gasteiger partial charge in [0, 0.05) is 45.0 Å². The molecule has 0 bridgehead atoms. The van der Waals surface area contributed by atoms with Crippen molar-refractivity contribution in [3.63, 3.8) is 0 Å². The summed E-state index contributed by atoms with van der Waals surface area (Å²) in [6.07, 6.45) is 4.18. The van der Waals surface area contributed by atoms with E-state index in [1.807, 2.05) is 73.3 Å². The van der Waals surface area contributed by atoms with Gasteiger partial charge in [-0.2, -0.15) is 5.10 Å². The lowest BCUT2D eigenvalue weighted by atomic mass is 9.84. The second kappa shape index (κ2) is 10.8. The lowest BCUT2D eigenvalue weighted by Crippen LogP contribution is -2.48. The Hall–Kier alpha value is -3.61. The van der Waals surface area contributed by atoms with Crippen molar-refractivity contribution in [2.24, 2.45) is 13.0 Å². The van der Waals surface area contributed by atoms with Gasteiger partial charge in [0.1, 0.15) is 11.4 Å². The van der Waals surface area contributed by atoms with Gasteiger partial charge in [-0.15, -0.1) is 0 Å². The Balaban J connectivity index is 1.52. The highest BCUT2D eigenvalue weighted by Gasteiger charge is 2.34. The number of methoxy groups -OCH3 is 1. The predicted octanol–water partition coefficient (Wildman–Crippen LogP) is 3.97. The van der Waals surface area contributed by atoms with Gasteiger partial charge < -0.3 is 14.5 Å². The minimum Gasteiger partial charge on any atom is -0.497 e. The van der Waals surface area contributed by atoms with Crippen molar-refractivity contribution in [1.29, 1.82) is 0 Å². The number of hydrogen-bond donors (Lipinski definition) is 0. The van der Waals surface area contributed by atoms with Gasteiger partial charge in [-0.05, 0) is 67.5 Å². The summed E-state index contributed by atoms with van der Waals surface area (Å²) in [7, 11) is 5.34. The van der Waals surface area contributed by atoms with E-state index in [1.165, 1.54) is 0 Å². The largest absolute Gasteiger partial charge is 0.497 e. The van der Waals surface area contributed by atoms with Crippen molar-refractivity contribution >= 4 is 11.8 Å². The molecule has 1 fully saturated rings. The lowest BCUT2D eigenvalue weighted by Gasteiger charge is -2.40. The van der Waals surface area contributed by atoms with Gasteiger partial charge in [0.15, 0.2) is 0 Å². The van der Waals surface area contributed by atoms with E-state index in [9.17, 15) is 9.59 Å². The third kappa shape index (κ3) is 5.56. The van der Waals surface area contributed by atoms with Crippen molar-refractivity contribution < 1.29 is 14.3 Å². The maximum atomic E-state index is 13.3. The molecule has 0 saturated carbocycles. The van der Waals surface area contributed by atoms with E-state index >= 15 is 0 Å². The number of nitrogens with zero attached hydrogens (tertiary/aromatic N) is 4. The molecule has 0 spiro atoms. The van der Waals surface area contributed by atoms with E-state index in [0.29, 0.717) is 25.2 Å². The summed E-state index contributed by atoms with van der Waals surface area (Å²) in [5, 5.41) is 4.32. The summed E-state index contributed by atoms with van der Waals surface area (Å²) >= 11 is 0. The number of hydrogen-bond acceptors (Lipinski definition) is 4. The molecule has 1 atom stereocenters. The van der Waals surface area contributed by atoms with Crippen LogP contribution in [0.15, 0.2) is 60.8 Å². The average molecular weight is 475 g/mol. The Bertz CT molecular complexity index is 1180. The van der Waals surface area contributed by atoms with Crippen molar-refractivity contribution in [3.05, 3.63) is 83.2 Å². The molecule has 0 N–H and O–H groups in total. The van der Waals surface area contributed by atoms with E-state index in [2.05, 4.69) is 11.2 Å². The van der Waals surface area contributed by atoms with Crippen LogP contribution in [0.2, 0.25) is 0 Å². The van der Waals surface area contributed by atoms with Gasteiger partial charge in [0.05, 0.1) is 7.11 Å². The second-order valence-electron chi connectivity index (χ2n) is 9.36. The van der Waals surface area contributed by atoms with Gasteiger partial charge >= 0.3 is 0 Å². The molecule has 2 amide bonds. The maximum absolute atomic E-state index is 13.3. The molecule has 35 heavy (non-hydrogen) atoms. The van der Waals surface area contributed by atoms with Crippen molar-refractivity contribution in [3.8, 4) is 5.75 Å². The van der Waals surface area contributed by atoms with E-state index in [1.54, 1.807) is 24.1 Å². The van der Waals surface area contributed by atoms with Crippen molar-refractivity contribution in [2.75, 3.05) is 27.2 Å². The van der Waals surface area contributed by atoms with Crippen molar-refractivity contribution in [1.82, 2.24) is 19.6 Å². The Morgan fingerprint density at radius 2 is 1.86 bits per heavy atom. The molecule has 0 radical (unpaired) electrons. The zero-order chi connectivity index (χ0) is 24.9. The summed E-state index contributed by atoms with van der Waals surface area (Å²) in [5.41, 5.74) is 3.32. The van der Waals surface area contributed by atoms with Crippen LogP contribution in [0.4, 0.5) is 0 Å². The zero-order valence-electron chi connectivity index (χ0n) is 21.0. The quantitative estimate of drug-likeness (QED) is 0.520. The van der Waals surface area contributed by atoms with Crippen LogP contribution in [0.3, 0.4) is 0 Å². The summed E-state index contributed by atoms with van der Waals surface area (Å²) in [6, 6.07) is 17.5. The normalized spacial score (nSPS) is 15.0. The predicted molar refractivity (Wildman–Crippen MR) is 136 cm³/mol. The first kappa shape index (κ1) is 24.5. The first-order chi connectivity index (χ1) is 16.9. The second-order valence-corrected chi connectivity index (χ2v) is 9.36. The number of amides is 2. The van der Waals surface area contributed by atoms with Gasteiger partial charge in [-0.1, -0.05) is 30.3 Å². The molecule has 3 aromatic rings. The molecule has 1 aliphatic rings. The number of likely N-dealkylation sites (N-methyl/N-ethyl adjacent to an activating group) is 1. The first-order valence-corrected chi connectivity index (χ1v) is 12.1. The van der Waals surface area contributed by atoms with Crippen LogP contribution in [0.25, 0.3) is 0 Å². The fourth-order valence-corrected chi connectivity index (χ4v) is 4.99. The minimum atomic E-state index is -0.0862. The summed E-state index contributed by atoms with van der Waals surface area (Å²) in [6.45, 7) is 3.33. The van der Waals surface area contributed by atoms with E-state index in [0.717, 1.165) is 35.3 Å². The fraction of sp³-hybridized carbons (Fsp3) is 0.393. The SMILES string of the molecule is COc1cccc(C[C@@H](C2CCN(C(=O)c3ccccc3C)CC2)N(C)C(=O)c2ccn(C)n2)c1. The van der Waals surface area contributed by atoms with Crippen LogP contribution in [-0.4, -0.2) is 64.7 Å². The molecule has 2 aromatic carbocycles. The Labute approximate surface area is 207 Å². The third-order valence-corrected chi connectivity index (χ3v) is 7.08. The molecule has 7 nitrogen and oxygen atoms in total. The van der Waals surface area contributed by atoms with Gasteiger partial charge in [0.2, 0.25) is 0 Å². The number of carbonyl (C=O) groups is 2. The van der Waals surface area contributed by atoms with Crippen LogP contribution in [0.1, 0.15) is 44.8 Å². The molecule has 0 unspecified atom stereocenters. The van der Waals surface area contributed by atoms with E-state index < -0.39 is 0 Å². The standard InChI is InChI=1S/C28H34N4O3/c1-20-8-5-6-11-24(20)27(33)32-16-12-22(13-17-32)26(19-21-9-7-10-23(18-21)35-4)31(3)28(34)25-14-15-30(2)29-25/h5-11,14-15,18,22,26H,12-13,16-17,19H2,1-4H3/t26-/m0/s1. The van der Waals surface area contributed by atoms with Gasteiger partial charge in [-0.25, -0.2) is 0 Å². The first-order valence-electron chi connectivity index (χ1n) is 12.1. The van der Waals surface area contributed by atoms with E-state index in [4.69, 9.17) is 4.74 Å². The zero-order valence-corrected chi connectivity index (χ0v) is 21.0. The van der Waals surface area contributed by atoms with Gasteiger partial charge in [-0.3, -0.25) is 14.3 Å². The summed E-state index contributed by atoms with van der Waals surface area (Å²) < 4.78 is 7.06. The smallest absolute Gasteiger partial charge is 0.274 e. The summed E-state index contributed by atoms with van der Waals surface area (Å²) in [4.78, 5) is 30.2. The number of aromatic nitrogens is 2. The highest BCUT2D eigenvalue weighted by atomic mass is 16.5. The minimum absolute atomic E-state index is 0.0210. The molecule has 184 valence electrons.